The van der Waals surface area contributed by atoms with Crippen LogP contribution in [0.2, 0.25) is 0 Å². The Morgan fingerprint density at radius 2 is 1.95 bits per heavy atom. The van der Waals surface area contributed by atoms with Crippen molar-refractivity contribution in [1.29, 1.82) is 0 Å². The molecule has 0 spiro atoms. The predicted molar refractivity (Wildman–Crippen MR) is 81.2 cm³/mol. The first kappa shape index (κ1) is 14.7. The van der Waals surface area contributed by atoms with E-state index in [-0.39, 0.29) is 5.75 Å². The van der Waals surface area contributed by atoms with Crippen LogP contribution in [0.1, 0.15) is 22.3 Å². The van der Waals surface area contributed by atoms with Gasteiger partial charge in [0.15, 0.2) is 9.84 Å². The molecule has 0 aliphatic carbocycles. The normalized spacial score (nSPS) is 15.9. The van der Waals surface area contributed by atoms with Crippen molar-refractivity contribution in [2.45, 2.75) is 17.7 Å². The highest BCUT2D eigenvalue weighted by Gasteiger charge is 2.24. The van der Waals surface area contributed by atoms with E-state index in [0.717, 1.165) is 0 Å². The second-order valence-corrected chi connectivity index (χ2v) is 7.29. The van der Waals surface area contributed by atoms with Crippen LogP contribution in [-0.4, -0.2) is 20.1 Å². The summed E-state index contributed by atoms with van der Waals surface area (Å²) in [7, 11) is -3.23. The van der Waals surface area contributed by atoms with Gasteiger partial charge in [0.1, 0.15) is 5.82 Å². The lowest BCUT2D eigenvalue weighted by Crippen LogP contribution is -2.18. The van der Waals surface area contributed by atoms with Crippen LogP contribution < -0.4 is 5.32 Å². The Bertz CT molecular complexity index is 846. The van der Waals surface area contributed by atoms with Gasteiger partial charge in [-0.05, 0) is 54.8 Å². The Morgan fingerprint density at radius 3 is 2.73 bits per heavy atom. The van der Waals surface area contributed by atoms with E-state index in [1.54, 1.807) is 12.1 Å². The summed E-state index contributed by atoms with van der Waals surface area (Å²) in [5, 5.41) is 2.60. The number of fused-ring (bicyclic) bond motifs is 1. The lowest BCUT2D eigenvalue weighted by atomic mass is 10.1. The maximum absolute atomic E-state index is 13.1. The van der Waals surface area contributed by atoms with E-state index in [1.165, 1.54) is 30.3 Å². The minimum absolute atomic E-state index is 0.148. The molecule has 0 atom stereocenters. The van der Waals surface area contributed by atoms with Gasteiger partial charge in [0.25, 0.3) is 5.91 Å². The molecule has 4 nitrogen and oxygen atoms in total. The lowest BCUT2D eigenvalue weighted by Gasteiger charge is -2.17. The summed E-state index contributed by atoms with van der Waals surface area (Å²) in [6, 6.07) is 10.2. The molecule has 0 saturated heterocycles. The zero-order valence-electron chi connectivity index (χ0n) is 11.7. The van der Waals surface area contributed by atoms with Crippen LogP contribution in [0.5, 0.6) is 0 Å². The van der Waals surface area contributed by atoms with Crippen LogP contribution in [0, 0.1) is 5.82 Å². The second-order valence-electron chi connectivity index (χ2n) is 5.21. The number of rotatable bonds is 2. The maximum atomic E-state index is 13.1. The van der Waals surface area contributed by atoms with Crippen molar-refractivity contribution in [3.8, 4) is 0 Å². The SMILES string of the molecule is O=C(Nc1cccc(F)c1)c1ccc2c(c1)CCCS2(=O)=O. The fourth-order valence-electron chi connectivity index (χ4n) is 2.55. The van der Waals surface area contributed by atoms with Crippen molar-refractivity contribution in [1.82, 2.24) is 0 Å². The average molecular weight is 319 g/mol. The van der Waals surface area contributed by atoms with Gasteiger partial charge in [0.2, 0.25) is 0 Å². The van der Waals surface area contributed by atoms with E-state index in [4.69, 9.17) is 0 Å². The molecule has 0 saturated carbocycles. The molecule has 0 aromatic heterocycles. The summed E-state index contributed by atoms with van der Waals surface area (Å²) >= 11 is 0. The largest absolute Gasteiger partial charge is 0.322 e. The molecule has 0 fully saturated rings. The van der Waals surface area contributed by atoms with Crippen LogP contribution in [-0.2, 0) is 16.3 Å². The van der Waals surface area contributed by atoms with Gasteiger partial charge < -0.3 is 5.32 Å². The second kappa shape index (κ2) is 5.53. The topological polar surface area (TPSA) is 63.2 Å². The summed E-state index contributed by atoms with van der Waals surface area (Å²) < 4.78 is 37.0. The Hall–Kier alpha value is -2.21. The molecule has 1 aliphatic rings. The summed E-state index contributed by atoms with van der Waals surface area (Å²) in [5.74, 6) is -0.680. The number of carbonyl (C=O) groups excluding carboxylic acids is 1. The first-order valence-corrected chi connectivity index (χ1v) is 8.53. The molecule has 0 bridgehead atoms. The number of hydrogen-bond acceptors (Lipinski definition) is 3. The summed E-state index contributed by atoms with van der Waals surface area (Å²) in [5.41, 5.74) is 1.38. The molecule has 2 aromatic carbocycles. The number of carbonyl (C=O) groups is 1. The van der Waals surface area contributed by atoms with E-state index < -0.39 is 21.6 Å². The number of amides is 1. The number of nitrogens with one attached hydrogen (secondary N) is 1. The molecule has 6 heteroatoms. The highest BCUT2D eigenvalue weighted by Crippen LogP contribution is 2.26. The number of sulfone groups is 1. The molecule has 1 heterocycles. The van der Waals surface area contributed by atoms with E-state index in [1.807, 2.05) is 0 Å². The summed E-state index contributed by atoms with van der Waals surface area (Å²) in [4.78, 5) is 12.5. The van der Waals surface area contributed by atoms with Gasteiger partial charge in [-0.2, -0.15) is 0 Å². The number of halogens is 1. The molecule has 22 heavy (non-hydrogen) atoms. The Morgan fingerprint density at radius 1 is 1.14 bits per heavy atom. The first-order valence-electron chi connectivity index (χ1n) is 6.88. The molecule has 1 N–H and O–H groups in total. The van der Waals surface area contributed by atoms with Crippen LogP contribution in [0.4, 0.5) is 10.1 Å². The minimum atomic E-state index is -3.23. The predicted octanol–water partition coefficient (Wildman–Crippen LogP) is 2.80. The highest BCUT2D eigenvalue weighted by molar-refractivity contribution is 7.91. The monoisotopic (exact) mass is 319 g/mol. The van der Waals surface area contributed by atoms with Crippen LogP contribution in [0.15, 0.2) is 47.4 Å². The number of benzene rings is 2. The van der Waals surface area contributed by atoms with Crippen molar-refractivity contribution in [2.75, 3.05) is 11.1 Å². The zero-order chi connectivity index (χ0) is 15.7. The van der Waals surface area contributed by atoms with Gasteiger partial charge in [-0.3, -0.25) is 4.79 Å². The first-order chi connectivity index (χ1) is 10.5. The Balaban J connectivity index is 1.88. The molecule has 3 rings (SSSR count). The van der Waals surface area contributed by atoms with E-state index in [0.29, 0.717) is 34.6 Å². The standard InChI is InChI=1S/C16H14FNO3S/c17-13-4-1-5-14(10-13)18-16(19)12-6-7-15-11(9-12)3-2-8-22(15,20)21/h1,4-7,9-10H,2-3,8H2,(H,18,19). The Labute approximate surface area is 127 Å². The van der Waals surface area contributed by atoms with Gasteiger partial charge in [0.05, 0.1) is 10.6 Å². The van der Waals surface area contributed by atoms with Gasteiger partial charge >= 0.3 is 0 Å². The molecular weight excluding hydrogens is 305 g/mol. The van der Waals surface area contributed by atoms with Gasteiger partial charge in [0, 0.05) is 11.3 Å². The number of hydrogen-bond donors (Lipinski definition) is 1. The number of aryl methyl sites for hydroxylation is 1. The quantitative estimate of drug-likeness (QED) is 0.926. The molecule has 2 aromatic rings. The van der Waals surface area contributed by atoms with Gasteiger partial charge in [-0.15, -0.1) is 0 Å². The number of anilines is 1. The van der Waals surface area contributed by atoms with E-state index >= 15 is 0 Å². The van der Waals surface area contributed by atoms with Gasteiger partial charge in [-0.25, -0.2) is 12.8 Å². The summed E-state index contributed by atoms with van der Waals surface area (Å²) in [6.07, 6.45) is 1.19. The molecule has 1 amide bonds. The highest BCUT2D eigenvalue weighted by atomic mass is 32.2. The lowest BCUT2D eigenvalue weighted by molar-refractivity contribution is 0.102. The van der Waals surface area contributed by atoms with E-state index in [9.17, 15) is 17.6 Å². The molecule has 0 radical (unpaired) electrons. The zero-order valence-corrected chi connectivity index (χ0v) is 12.5. The van der Waals surface area contributed by atoms with Gasteiger partial charge in [-0.1, -0.05) is 6.07 Å². The van der Waals surface area contributed by atoms with Crippen molar-refractivity contribution < 1.29 is 17.6 Å². The molecule has 114 valence electrons. The van der Waals surface area contributed by atoms with Crippen molar-refractivity contribution in [2.24, 2.45) is 0 Å². The Kier molecular flexibility index (Phi) is 3.70. The molecular formula is C16H14FNO3S. The third-order valence-corrected chi connectivity index (χ3v) is 5.49. The smallest absolute Gasteiger partial charge is 0.255 e. The maximum Gasteiger partial charge on any atom is 0.255 e. The van der Waals surface area contributed by atoms with Crippen molar-refractivity contribution in [3.05, 3.63) is 59.4 Å². The molecule has 1 aliphatic heterocycles. The van der Waals surface area contributed by atoms with Crippen molar-refractivity contribution >= 4 is 21.4 Å². The average Bonchev–Trinajstić information content (AvgIpc) is 2.46. The van der Waals surface area contributed by atoms with E-state index in [2.05, 4.69) is 5.32 Å². The fourth-order valence-corrected chi connectivity index (χ4v) is 4.13. The molecule has 0 unspecified atom stereocenters. The van der Waals surface area contributed by atoms with Crippen molar-refractivity contribution in [3.63, 3.8) is 0 Å². The third kappa shape index (κ3) is 2.87. The third-order valence-electron chi connectivity index (χ3n) is 3.60. The van der Waals surface area contributed by atoms with Crippen LogP contribution in [0.25, 0.3) is 0 Å². The minimum Gasteiger partial charge on any atom is -0.322 e. The van der Waals surface area contributed by atoms with Crippen LogP contribution in [0.3, 0.4) is 0 Å². The van der Waals surface area contributed by atoms with Crippen LogP contribution >= 0.6 is 0 Å². The summed E-state index contributed by atoms with van der Waals surface area (Å²) in [6.45, 7) is 0. The fraction of sp³-hybridized carbons (Fsp3) is 0.188.